The standard InChI is InChI=1S/C15H21BrN2O3/c1-3-18-4-5-20-12(8-18)9-21-15-13(10(2)19)6-11(16)7-14(15)17/h6-7,12H,3-5,8-9,17H2,1-2H3. The molecule has 1 fully saturated rings. The van der Waals surface area contributed by atoms with Gasteiger partial charge in [-0.3, -0.25) is 9.69 Å². The van der Waals surface area contributed by atoms with E-state index in [1.54, 1.807) is 12.1 Å². The monoisotopic (exact) mass is 356 g/mol. The molecule has 0 amide bonds. The maximum absolute atomic E-state index is 11.7. The van der Waals surface area contributed by atoms with Crippen LogP contribution in [0, 0.1) is 0 Å². The number of anilines is 1. The highest BCUT2D eigenvalue weighted by atomic mass is 79.9. The predicted molar refractivity (Wildman–Crippen MR) is 85.9 cm³/mol. The molecule has 1 unspecified atom stereocenters. The molecule has 0 aliphatic carbocycles. The van der Waals surface area contributed by atoms with E-state index in [-0.39, 0.29) is 11.9 Å². The Labute approximate surface area is 133 Å². The molecule has 0 bridgehead atoms. The van der Waals surface area contributed by atoms with Crippen molar-refractivity contribution in [3.8, 4) is 5.75 Å². The number of Topliss-reactive ketones (excluding diaryl/α,β-unsaturated/α-hetero) is 1. The van der Waals surface area contributed by atoms with Crippen molar-refractivity contribution in [1.82, 2.24) is 4.90 Å². The van der Waals surface area contributed by atoms with Crippen molar-refractivity contribution in [2.24, 2.45) is 0 Å². The number of hydrogen-bond acceptors (Lipinski definition) is 5. The fourth-order valence-corrected chi connectivity index (χ4v) is 2.86. The van der Waals surface area contributed by atoms with Gasteiger partial charge in [-0.1, -0.05) is 22.9 Å². The number of nitrogens with zero attached hydrogens (tertiary/aromatic N) is 1. The van der Waals surface area contributed by atoms with Crippen LogP contribution in [0.25, 0.3) is 0 Å². The second-order valence-electron chi connectivity index (χ2n) is 5.12. The summed E-state index contributed by atoms with van der Waals surface area (Å²) >= 11 is 3.34. The van der Waals surface area contributed by atoms with Gasteiger partial charge in [-0.25, -0.2) is 0 Å². The van der Waals surface area contributed by atoms with E-state index in [2.05, 4.69) is 27.8 Å². The molecule has 0 aromatic heterocycles. The summed E-state index contributed by atoms with van der Waals surface area (Å²) in [6.45, 7) is 7.51. The number of morpholine rings is 1. The van der Waals surface area contributed by atoms with Gasteiger partial charge in [0, 0.05) is 17.6 Å². The van der Waals surface area contributed by atoms with Gasteiger partial charge in [-0.15, -0.1) is 0 Å². The van der Waals surface area contributed by atoms with E-state index in [0.29, 0.717) is 30.2 Å². The second kappa shape index (κ2) is 7.24. The predicted octanol–water partition coefficient (Wildman–Crippen LogP) is 2.33. The number of benzene rings is 1. The molecule has 6 heteroatoms. The van der Waals surface area contributed by atoms with Crippen molar-refractivity contribution >= 4 is 27.4 Å². The van der Waals surface area contributed by atoms with Gasteiger partial charge in [0.1, 0.15) is 12.7 Å². The van der Waals surface area contributed by atoms with Crippen molar-refractivity contribution in [1.29, 1.82) is 0 Å². The molecule has 1 saturated heterocycles. The number of nitrogen functional groups attached to an aromatic ring is 1. The van der Waals surface area contributed by atoms with E-state index in [1.165, 1.54) is 6.92 Å². The Morgan fingerprint density at radius 2 is 2.33 bits per heavy atom. The zero-order valence-electron chi connectivity index (χ0n) is 12.4. The topological polar surface area (TPSA) is 64.8 Å². The molecular formula is C15H21BrN2O3. The van der Waals surface area contributed by atoms with Gasteiger partial charge >= 0.3 is 0 Å². The van der Waals surface area contributed by atoms with Crippen molar-refractivity contribution < 1.29 is 14.3 Å². The summed E-state index contributed by atoms with van der Waals surface area (Å²) in [6, 6.07) is 3.47. The molecule has 1 aliphatic rings. The molecule has 1 aromatic carbocycles. The summed E-state index contributed by atoms with van der Waals surface area (Å²) in [7, 11) is 0. The summed E-state index contributed by atoms with van der Waals surface area (Å²) in [5.41, 5.74) is 6.92. The molecule has 0 radical (unpaired) electrons. The van der Waals surface area contributed by atoms with Gasteiger partial charge in [0.25, 0.3) is 0 Å². The first-order valence-corrected chi connectivity index (χ1v) is 7.87. The molecule has 1 aliphatic heterocycles. The van der Waals surface area contributed by atoms with E-state index in [1.807, 2.05) is 0 Å². The number of ether oxygens (including phenoxy) is 2. The van der Waals surface area contributed by atoms with Crippen molar-refractivity contribution in [3.63, 3.8) is 0 Å². The Kier molecular flexibility index (Phi) is 5.61. The second-order valence-corrected chi connectivity index (χ2v) is 6.04. The maximum atomic E-state index is 11.7. The number of halogens is 1. The molecule has 21 heavy (non-hydrogen) atoms. The number of rotatable bonds is 5. The van der Waals surface area contributed by atoms with Crippen LogP contribution in [0.5, 0.6) is 5.75 Å². The maximum Gasteiger partial charge on any atom is 0.163 e. The van der Waals surface area contributed by atoms with Crippen LogP contribution >= 0.6 is 15.9 Å². The first-order valence-electron chi connectivity index (χ1n) is 7.08. The summed E-state index contributed by atoms with van der Waals surface area (Å²) in [4.78, 5) is 14.0. The molecule has 5 nitrogen and oxygen atoms in total. The fourth-order valence-electron chi connectivity index (χ4n) is 2.38. The molecule has 0 spiro atoms. The first-order chi connectivity index (χ1) is 10.0. The van der Waals surface area contributed by atoms with E-state index < -0.39 is 0 Å². The van der Waals surface area contributed by atoms with Crippen molar-refractivity contribution in [2.45, 2.75) is 20.0 Å². The zero-order valence-corrected chi connectivity index (χ0v) is 14.0. The lowest BCUT2D eigenvalue weighted by Gasteiger charge is -2.32. The highest BCUT2D eigenvalue weighted by Crippen LogP contribution is 2.31. The number of carbonyl (C=O) groups excluding carboxylic acids is 1. The summed E-state index contributed by atoms with van der Waals surface area (Å²) in [5, 5.41) is 0. The summed E-state index contributed by atoms with van der Waals surface area (Å²) < 4.78 is 12.3. The third-order valence-corrected chi connectivity index (χ3v) is 4.00. The highest BCUT2D eigenvalue weighted by Gasteiger charge is 2.21. The van der Waals surface area contributed by atoms with Crippen LogP contribution < -0.4 is 10.5 Å². The normalized spacial score (nSPS) is 19.5. The largest absolute Gasteiger partial charge is 0.488 e. The average molecular weight is 357 g/mol. The summed E-state index contributed by atoms with van der Waals surface area (Å²) in [5.74, 6) is 0.376. The van der Waals surface area contributed by atoms with Gasteiger partial charge in [-0.2, -0.15) is 0 Å². The van der Waals surface area contributed by atoms with Crippen LogP contribution in [0.2, 0.25) is 0 Å². The summed E-state index contributed by atoms with van der Waals surface area (Å²) in [6.07, 6.45) is 0.00144. The molecule has 1 heterocycles. The SMILES string of the molecule is CCN1CCOC(COc2c(N)cc(Br)cc2C(C)=O)C1. The number of ketones is 1. The number of carbonyl (C=O) groups is 1. The molecule has 2 rings (SSSR count). The van der Waals surface area contributed by atoms with Crippen LogP contribution in [0.4, 0.5) is 5.69 Å². The van der Waals surface area contributed by atoms with E-state index in [9.17, 15) is 4.79 Å². The third-order valence-electron chi connectivity index (χ3n) is 3.55. The van der Waals surface area contributed by atoms with Gasteiger partial charge in [-0.05, 0) is 25.6 Å². The Bertz CT molecular complexity index is 522. The van der Waals surface area contributed by atoms with E-state index in [0.717, 1.165) is 24.1 Å². The van der Waals surface area contributed by atoms with E-state index in [4.69, 9.17) is 15.2 Å². The van der Waals surface area contributed by atoms with Gasteiger partial charge in [0.15, 0.2) is 11.5 Å². The Balaban J connectivity index is 2.07. The minimum Gasteiger partial charge on any atom is -0.488 e. The first kappa shape index (κ1) is 16.3. The fraction of sp³-hybridized carbons (Fsp3) is 0.533. The van der Waals surface area contributed by atoms with Gasteiger partial charge in [0.2, 0.25) is 0 Å². The van der Waals surface area contributed by atoms with Gasteiger partial charge < -0.3 is 15.2 Å². The average Bonchev–Trinajstić information content (AvgIpc) is 2.45. The van der Waals surface area contributed by atoms with Crippen LogP contribution in [-0.4, -0.2) is 49.6 Å². The third kappa shape index (κ3) is 4.18. The lowest BCUT2D eigenvalue weighted by Crippen LogP contribution is -2.44. The smallest absolute Gasteiger partial charge is 0.163 e. The minimum absolute atomic E-state index is 0.00144. The molecule has 1 aromatic rings. The Hall–Kier alpha value is -1.11. The van der Waals surface area contributed by atoms with Crippen LogP contribution in [0.15, 0.2) is 16.6 Å². The number of nitrogens with two attached hydrogens (primary N) is 1. The number of likely N-dealkylation sites (N-methyl/N-ethyl adjacent to an activating group) is 1. The van der Waals surface area contributed by atoms with Crippen LogP contribution in [0.1, 0.15) is 24.2 Å². The lowest BCUT2D eigenvalue weighted by molar-refractivity contribution is -0.0463. The van der Waals surface area contributed by atoms with Crippen molar-refractivity contribution in [3.05, 3.63) is 22.2 Å². The highest BCUT2D eigenvalue weighted by molar-refractivity contribution is 9.10. The molecule has 116 valence electrons. The minimum atomic E-state index is -0.0715. The molecule has 2 N–H and O–H groups in total. The van der Waals surface area contributed by atoms with Crippen molar-refractivity contribution in [2.75, 3.05) is 38.6 Å². The van der Waals surface area contributed by atoms with E-state index >= 15 is 0 Å². The quantitative estimate of drug-likeness (QED) is 0.647. The Morgan fingerprint density at radius 1 is 1.57 bits per heavy atom. The number of hydrogen-bond donors (Lipinski definition) is 1. The molecular weight excluding hydrogens is 336 g/mol. The van der Waals surface area contributed by atoms with Gasteiger partial charge in [0.05, 0.1) is 17.9 Å². The van der Waals surface area contributed by atoms with Crippen LogP contribution in [-0.2, 0) is 4.74 Å². The zero-order chi connectivity index (χ0) is 15.4. The van der Waals surface area contributed by atoms with Crippen LogP contribution in [0.3, 0.4) is 0 Å². The lowest BCUT2D eigenvalue weighted by atomic mass is 10.1. The molecule has 1 atom stereocenters. The Morgan fingerprint density at radius 3 is 3.00 bits per heavy atom. The molecule has 0 saturated carbocycles.